The highest BCUT2D eigenvalue weighted by atomic mass is 16.5. The first-order chi connectivity index (χ1) is 11.1. The molecule has 1 aliphatic carbocycles. The van der Waals surface area contributed by atoms with Crippen molar-refractivity contribution in [3.63, 3.8) is 0 Å². The molecule has 1 aromatic carbocycles. The van der Waals surface area contributed by atoms with E-state index in [9.17, 15) is 4.79 Å². The van der Waals surface area contributed by atoms with Gasteiger partial charge in [-0.2, -0.15) is 0 Å². The highest BCUT2D eigenvalue weighted by molar-refractivity contribution is 5.77. The van der Waals surface area contributed by atoms with Crippen molar-refractivity contribution >= 4 is 5.91 Å². The molecule has 0 unspecified atom stereocenters. The zero-order chi connectivity index (χ0) is 16.2. The van der Waals surface area contributed by atoms with E-state index in [4.69, 9.17) is 4.74 Å². The lowest BCUT2D eigenvalue weighted by atomic mass is 10.0. The molecule has 3 rings (SSSR count). The van der Waals surface area contributed by atoms with E-state index in [2.05, 4.69) is 18.3 Å². The Balaban J connectivity index is 1.40. The molecule has 1 heterocycles. The van der Waals surface area contributed by atoms with Crippen LogP contribution in [0.3, 0.4) is 0 Å². The quantitative estimate of drug-likeness (QED) is 0.877. The number of rotatable bonds is 6. The average Bonchev–Trinajstić information content (AvgIpc) is 3.37. The molecule has 1 aliphatic heterocycles. The van der Waals surface area contributed by atoms with Gasteiger partial charge in [-0.3, -0.25) is 4.79 Å². The van der Waals surface area contributed by atoms with Gasteiger partial charge in [0.25, 0.3) is 5.91 Å². The number of nitrogens with one attached hydrogen (secondary N) is 1. The summed E-state index contributed by atoms with van der Waals surface area (Å²) in [6.45, 7) is 7.07. The fourth-order valence-electron chi connectivity index (χ4n) is 3.18. The summed E-state index contributed by atoms with van der Waals surface area (Å²) in [5.74, 6) is 1.83. The highest BCUT2D eigenvalue weighted by Gasteiger charge is 2.26. The van der Waals surface area contributed by atoms with Crippen LogP contribution in [0, 0.1) is 19.8 Å². The van der Waals surface area contributed by atoms with Crippen LogP contribution in [-0.4, -0.2) is 43.1 Å². The van der Waals surface area contributed by atoms with Crippen LogP contribution in [0.2, 0.25) is 0 Å². The SMILES string of the molecule is Cc1ccc(OCC(=O)N2CCC(NCC3CC3)CC2)c(C)c1. The van der Waals surface area contributed by atoms with E-state index >= 15 is 0 Å². The Kier molecular flexibility index (Phi) is 5.21. The molecule has 2 fully saturated rings. The second-order valence-electron chi connectivity index (χ2n) is 7.06. The van der Waals surface area contributed by atoms with Crippen LogP contribution in [-0.2, 0) is 4.79 Å². The molecule has 0 bridgehead atoms. The molecule has 4 heteroatoms. The van der Waals surface area contributed by atoms with Gasteiger partial charge in [-0.15, -0.1) is 0 Å². The van der Waals surface area contributed by atoms with Gasteiger partial charge in [0.1, 0.15) is 5.75 Å². The van der Waals surface area contributed by atoms with E-state index in [1.807, 2.05) is 24.0 Å². The molecule has 0 atom stereocenters. The van der Waals surface area contributed by atoms with Gasteiger partial charge in [0.2, 0.25) is 0 Å². The van der Waals surface area contributed by atoms with Crippen molar-refractivity contribution in [2.75, 3.05) is 26.2 Å². The lowest BCUT2D eigenvalue weighted by molar-refractivity contribution is -0.134. The van der Waals surface area contributed by atoms with Gasteiger partial charge in [0.15, 0.2) is 6.61 Å². The zero-order valence-electron chi connectivity index (χ0n) is 14.3. The Hall–Kier alpha value is -1.55. The number of aryl methyl sites for hydroxylation is 2. The normalized spacial score (nSPS) is 19.0. The number of piperidine rings is 1. The highest BCUT2D eigenvalue weighted by Crippen LogP contribution is 2.28. The summed E-state index contributed by atoms with van der Waals surface area (Å²) < 4.78 is 5.71. The smallest absolute Gasteiger partial charge is 0.260 e. The van der Waals surface area contributed by atoms with Crippen LogP contribution < -0.4 is 10.1 Å². The van der Waals surface area contributed by atoms with Crippen molar-refractivity contribution in [2.24, 2.45) is 5.92 Å². The van der Waals surface area contributed by atoms with Gasteiger partial charge in [-0.25, -0.2) is 0 Å². The van der Waals surface area contributed by atoms with E-state index in [1.165, 1.54) is 18.4 Å². The summed E-state index contributed by atoms with van der Waals surface area (Å²) in [6.07, 6.45) is 4.89. The average molecular weight is 316 g/mol. The summed E-state index contributed by atoms with van der Waals surface area (Å²) in [5.41, 5.74) is 2.29. The van der Waals surface area contributed by atoms with Crippen LogP contribution in [0.5, 0.6) is 5.75 Å². The van der Waals surface area contributed by atoms with Gasteiger partial charge in [-0.05, 0) is 63.6 Å². The molecule has 1 aromatic rings. The lowest BCUT2D eigenvalue weighted by Crippen LogP contribution is -2.46. The molecule has 0 spiro atoms. The number of hydrogen-bond donors (Lipinski definition) is 1. The molecule has 1 N–H and O–H groups in total. The zero-order valence-corrected chi connectivity index (χ0v) is 14.3. The molecule has 1 amide bonds. The van der Waals surface area contributed by atoms with Crippen molar-refractivity contribution < 1.29 is 9.53 Å². The minimum absolute atomic E-state index is 0.102. The fourth-order valence-corrected chi connectivity index (χ4v) is 3.18. The Morgan fingerprint density at radius 3 is 2.61 bits per heavy atom. The minimum Gasteiger partial charge on any atom is -0.484 e. The topological polar surface area (TPSA) is 41.6 Å². The molecule has 1 saturated heterocycles. The number of carbonyl (C=O) groups excluding carboxylic acids is 1. The molecule has 1 saturated carbocycles. The number of hydrogen-bond acceptors (Lipinski definition) is 3. The molecule has 2 aliphatic rings. The van der Waals surface area contributed by atoms with Gasteiger partial charge >= 0.3 is 0 Å². The maximum Gasteiger partial charge on any atom is 0.260 e. The molecular weight excluding hydrogens is 288 g/mol. The van der Waals surface area contributed by atoms with Crippen molar-refractivity contribution in [3.05, 3.63) is 29.3 Å². The molecule has 23 heavy (non-hydrogen) atoms. The van der Waals surface area contributed by atoms with Gasteiger partial charge in [0.05, 0.1) is 0 Å². The Morgan fingerprint density at radius 1 is 1.22 bits per heavy atom. The van der Waals surface area contributed by atoms with Gasteiger partial charge in [-0.1, -0.05) is 17.7 Å². The molecule has 0 aromatic heterocycles. The number of nitrogens with zero attached hydrogens (tertiary/aromatic N) is 1. The number of carbonyl (C=O) groups is 1. The minimum atomic E-state index is 0.102. The van der Waals surface area contributed by atoms with Crippen molar-refractivity contribution in [1.29, 1.82) is 0 Å². The third kappa shape index (κ3) is 4.71. The Labute approximate surface area is 139 Å². The number of likely N-dealkylation sites (tertiary alicyclic amines) is 1. The predicted molar refractivity (Wildman–Crippen MR) is 91.7 cm³/mol. The van der Waals surface area contributed by atoms with E-state index in [1.54, 1.807) is 0 Å². The molecular formula is C19H28N2O2. The van der Waals surface area contributed by atoms with E-state index in [0.29, 0.717) is 6.04 Å². The third-order valence-electron chi connectivity index (χ3n) is 4.92. The number of benzene rings is 1. The monoisotopic (exact) mass is 316 g/mol. The summed E-state index contributed by atoms with van der Waals surface area (Å²) in [4.78, 5) is 14.3. The molecule has 0 radical (unpaired) electrons. The number of ether oxygens (including phenoxy) is 1. The van der Waals surface area contributed by atoms with Gasteiger partial charge < -0.3 is 15.0 Å². The van der Waals surface area contributed by atoms with E-state index in [-0.39, 0.29) is 12.5 Å². The van der Waals surface area contributed by atoms with Gasteiger partial charge in [0, 0.05) is 19.1 Å². The second kappa shape index (κ2) is 7.35. The van der Waals surface area contributed by atoms with Crippen LogP contribution in [0.25, 0.3) is 0 Å². The van der Waals surface area contributed by atoms with Crippen LogP contribution >= 0.6 is 0 Å². The lowest BCUT2D eigenvalue weighted by Gasteiger charge is -2.32. The molecule has 126 valence electrons. The predicted octanol–water partition coefficient (Wildman–Crippen LogP) is 2.67. The third-order valence-corrected chi connectivity index (χ3v) is 4.92. The summed E-state index contributed by atoms with van der Waals surface area (Å²) in [5, 5.41) is 3.64. The van der Waals surface area contributed by atoms with Crippen LogP contribution in [0.1, 0.15) is 36.8 Å². The molecule has 4 nitrogen and oxygen atoms in total. The number of amides is 1. The van der Waals surface area contributed by atoms with Crippen molar-refractivity contribution in [2.45, 2.75) is 45.6 Å². The summed E-state index contributed by atoms with van der Waals surface area (Å²) >= 11 is 0. The van der Waals surface area contributed by atoms with Crippen LogP contribution in [0.4, 0.5) is 0 Å². The fraction of sp³-hybridized carbons (Fsp3) is 0.632. The van der Waals surface area contributed by atoms with Crippen molar-refractivity contribution in [3.8, 4) is 5.75 Å². The van der Waals surface area contributed by atoms with Crippen LogP contribution in [0.15, 0.2) is 18.2 Å². The summed E-state index contributed by atoms with van der Waals surface area (Å²) in [6, 6.07) is 6.63. The Bertz CT molecular complexity index is 546. The standard InChI is InChI=1S/C19H28N2O2/c1-14-3-6-18(15(2)11-14)23-13-19(22)21-9-7-17(8-10-21)20-12-16-4-5-16/h3,6,11,16-17,20H,4-5,7-10,12-13H2,1-2H3. The second-order valence-corrected chi connectivity index (χ2v) is 7.06. The first-order valence-corrected chi connectivity index (χ1v) is 8.83. The first kappa shape index (κ1) is 16.3. The Morgan fingerprint density at radius 2 is 1.96 bits per heavy atom. The summed E-state index contributed by atoms with van der Waals surface area (Å²) in [7, 11) is 0. The largest absolute Gasteiger partial charge is 0.484 e. The van der Waals surface area contributed by atoms with E-state index < -0.39 is 0 Å². The maximum absolute atomic E-state index is 12.3. The first-order valence-electron chi connectivity index (χ1n) is 8.83. The van der Waals surface area contributed by atoms with E-state index in [0.717, 1.165) is 49.7 Å². The maximum atomic E-state index is 12.3. The van der Waals surface area contributed by atoms with Crippen molar-refractivity contribution in [1.82, 2.24) is 10.2 Å².